The molecule has 104 valence electrons. The van der Waals surface area contributed by atoms with Gasteiger partial charge in [0.15, 0.2) is 5.78 Å². The number of Topliss-reactive ketones (excluding diaryl/α,β-unsaturated/α-hetero) is 1. The molecule has 0 radical (unpaired) electrons. The van der Waals surface area contributed by atoms with Crippen LogP contribution in [0.15, 0.2) is 6.07 Å². The fraction of sp³-hybridized carbons (Fsp3) is 0.571. The van der Waals surface area contributed by atoms with Crippen molar-refractivity contribution in [2.45, 2.75) is 33.2 Å². The Morgan fingerprint density at radius 2 is 2.16 bits per heavy atom. The van der Waals surface area contributed by atoms with E-state index in [4.69, 9.17) is 0 Å². The van der Waals surface area contributed by atoms with Gasteiger partial charge in [-0.15, -0.1) is 11.3 Å². The van der Waals surface area contributed by atoms with Crippen LogP contribution in [0.1, 0.15) is 34.0 Å². The van der Waals surface area contributed by atoms with Crippen LogP contribution in [0.4, 0.5) is 0 Å². The number of ketones is 1. The molecule has 1 aliphatic heterocycles. The minimum atomic E-state index is -0.618. The number of hydrogen-bond donors (Lipinski definition) is 1. The number of nitrogens with zero attached hydrogens (tertiary/aromatic N) is 1. The van der Waals surface area contributed by atoms with E-state index in [2.05, 4.69) is 5.32 Å². The molecule has 1 fully saturated rings. The molecular formula is C14H20N2O2S. The van der Waals surface area contributed by atoms with Gasteiger partial charge in [0.25, 0.3) is 0 Å². The van der Waals surface area contributed by atoms with E-state index in [0.29, 0.717) is 19.6 Å². The molecule has 2 rings (SSSR count). The van der Waals surface area contributed by atoms with Crippen LogP contribution in [0, 0.1) is 13.8 Å². The quantitative estimate of drug-likeness (QED) is 0.858. The molecular weight excluding hydrogens is 260 g/mol. The number of hydrogen-bond acceptors (Lipinski definition) is 4. The van der Waals surface area contributed by atoms with Gasteiger partial charge >= 0.3 is 0 Å². The van der Waals surface area contributed by atoms with E-state index < -0.39 is 5.54 Å². The molecule has 1 N–H and O–H groups in total. The molecule has 1 saturated heterocycles. The lowest BCUT2D eigenvalue weighted by molar-refractivity contribution is -0.134. The summed E-state index contributed by atoms with van der Waals surface area (Å²) in [7, 11) is 0. The maximum Gasteiger partial charge on any atom is 0.240 e. The first-order chi connectivity index (χ1) is 8.82. The third-order valence-electron chi connectivity index (χ3n) is 3.69. The monoisotopic (exact) mass is 280 g/mol. The smallest absolute Gasteiger partial charge is 0.240 e. The molecule has 0 aromatic carbocycles. The van der Waals surface area contributed by atoms with Gasteiger partial charge in [0.1, 0.15) is 0 Å². The van der Waals surface area contributed by atoms with Gasteiger partial charge < -0.3 is 5.32 Å². The van der Waals surface area contributed by atoms with Crippen LogP contribution in [-0.2, 0) is 4.79 Å². The normalized spacial score (nSPS) is 19.3. The van der Waals surface area contributed by atoms with Crippen molar-refractivity contribution in [2.75, 3.05) is 19.6 Å². The maximum absolute atomic E-state index is 12.4. The fourth-order valence-corrected chi connectivity index (χ4v) is 3.33. The Kier molecular flexibility index (Phi) is 3.78. The van der Waals surface area contributed by atoms with Crippen LogP contribution in [0.5, 0.6) is 0 Å². The van der Waals surface area contributed by atoms with Gasteiger partial charge in [-0.25, -0.2) is 0 Å². The van der Waals surface area contributed by atoms with E-state index >= 15 is 0 Å². The van der Waals surface area contributed by atoms with E-state index in [1.54, 1.807) is 11.3 Å². The van der Waals surface area contributed by atoms with Gasteiger partial charge in [-0.3, -0.25) is 14.5 Å². The molecule has 0 saturated carbocycles. The van der Waals surface area contributed by atoms with Crippen LogP contribution in [0.25, 0.3) is 0 Å². The first kappa shape index (κ1) is 14.2. The summed E-state index contributed by atoms with van der Waals surface area (Å²) in [5, 5.41) is 2.84. The lowest BCUT2D eigenvalue weighted by atomic mass is 9.98. The summed E-state index contributed by atoms with van der Waals surface area (Å²) >= 11 is 1.64. The van der Waals surface area contributed by atoms with Crippen LogP contribution in [-0.4, -0.2) is 41.8 Å². The van der Waals surface area contributed by atoms with Crippen LogP contribution in [0.2, 0.25) is 0 Å². The van der Waals surface area contributed by atoms with Crippen molar-refractivity contribution in [1.29, 1.82) is 0 Å². The third-order valence-corrected chi connectivity index (χ3v) is 4.66. The molecule has 0 spiro atoms. The lowest BCUT2D eigenvalue weighted by Gasteiger charge is -2.40. The number of rotatable bonds is 3. The summed E-state index contributed by atoms with van der Waals surface area (Å²) in [6.07, 6.45) is 0. The first-order valence-corrected chi connectivity index (χ1v) is 7.27. The van der Waals surface area contributed by atoms with E-state index in [0.717, 1.165) is 15.3 Å². The molecule has 1 aliphatic rings. The van der Waals surface area contributed by atoms with Gasteiger partial charge in [-0.05, 0) is 33.8 Å². The summed E-state index contributed by atoms with van der Waals surface area (Å²) in [5.74, 6) is 0.0920. The van der Waals surface area contributed by atoms with E-state index in [1.807, 2.05) is 38.7 Å². The van der Waals surface area contributed by atoms with Gasteiger partial charge in [0, 0.05) is 28.4 Å². The third kappa shape index (κ3) is 2.72. The Morgan fingerprint density at radius 1 is 1.47 bits per heavy atom. The second-order valence-corrected chi connectivity index (χ2v) is 6.95. The summed E-state index contributed by atoms with van der Waals surface area (Å²) in [5.41, 5.74) is 0.177. The van der Waals surface area contributed by atoms with Crippen molar-refractivity contribution in [2.24, 2.45) is 0 Å². The average Bonchev–Trinajstić information content (AvgIpc) is 2.65. The lowest BCUT2D eigenvalue weighted by Crippen LogP contribution is -2.62. The van der Waals surface area contributed by atoms with Crippen molar-refractivity contribution in [1.82, 2.24) is 10.2 Å². The number of nitrogens with one attached hydrogen (secondary N) is 1. The summed E-state index contributed by atoms with van der Waals surface area (Å²) < 4.78 is 0. The molecule has 0 aliphatic carbocycles. The number of amides is 1. The Balaban J connectivity index is 2.14. The molecule has 19 heavy (non-hydrogen) atoms. The molecule has 0 unspecified atom stereocenters. The highest BCUT2D eigenvalue weighted by atomic mass is 32.1. The van der Waals surface area contributed by atoms with Crippen molar-refractivity contribution in [3.05, 3.63) is 21.4 Å². The van der Waals surface area contributed by atoms with E-state index in [-0.39, 0.29) is 11.7 Å². The van der Waals surface area contributed by atoms with Gasteiger partial charge in [-0.2, -0.15) is 0 Å². The number of piperazine rings is 1. The fourth-order valence-electron chi connectivity index (χ4n) is 2.39. The van der Waals surface area contributed by atoms with Crippen molar-refractivity contribution in [3.63, 3.8) is 0 Å². The predicted molar refractivity (Wildman–Crippen MR) is 76.8 cm³/mol. The molecule has 1 aromatic rings. The standard InChI is InChI=1S/C14H20N2O2S/c1-9-7-11(10(2)19-9)12(17)8-16-6-5-15-13(18)14(16,3)4/h7H,5-6,8H2,1-4H3,(H,15,18). The summed E-state index contributed by atoms with van der Waals surface area (Å²) in [6, 6.07) is 1.94. The zero-order valence-corrected chi connectivity index (χ0v) is 12.7. The molecule has 4 nitrogen and oxygen atoms in total. The molecule has 0 atom stereocenters. The van der Waals surface area contributed by atoms with E-state index in [1.165, 1.54) is 0 Å². The molecule has 2 heterocycles. The maximum atomic E-state index is 12.4. The number of carbonyl (C=O) groups is 2. The highest BCUT2D eigenvalue weighted by Gasteiger charge is 2.38. The van der Waals surface area contributed by atoms with Gasteiger partial charge in [0.05, 0.1) is 12.1 Å². The van der Waals surface area contributed by atoms with Crippen molar-refractivity contribution >= 4 is 23.0 Å². The zero-order valence-electron chi connectivity index (χ0n) is 11.9. The Bertz CT molecular complexity index is 520. The summed E-state index contributed by atoms with van der Waals surface area (Å²) in [6.45, 7) is 9.33. The topological polar surface area (TPSA) is 49.4 Å². The van der Waals surface area contributed by atoms with Gasteiger partial charge in [-0.1, -0.05) is 0 Å². The SMILES string of the molecule is Cc1cc(C(=O)CN2CCNC(=O)C2(C)C)c(C)s1. The first-order valence-electron chi connectivity index (χ1n) is 6.46. The largest absolute Gasteiger partial charge is 0.353 e. The van der Waals surface area contributed by atoms with Crippen LogP contribution >= 0.6 is 11.3 Å². The molecule has 0 bridgehead atoms. The summed E-state index contributed by atoms with van der Waals surface area (Å²) in [4.78, 5) is 28.4. The number of aryl methyl sites for hydroxylation is 2. The molecule has 1 aromatic heterocycles. The predicted octanol–water partition coefficient (Wildman–Crippen LogP) is 1.76. The Morgan fingerprint density at radius 3 is 2.74 bits per heavy atom. The number of thiophene rings is 1. The Labute approximate surface area is 117 Å². The minimum absolute atomic E-state index is 0.00947. The zero-order chi connectivity index (χ0) is 14.2. The van der Waals surface area contributed by atoms with Crippen molar-refractivity contribution in [3.8, 4) is 0 Å². The van der Waals surface area contributed by atoms with Crippen LogP contribution < -0.4 is 5.32 Å². The minimum Gasteiger partial charge on any atom is -0.353 e. The van der Waals surface area contributed by atoms with E-state index in [9.17, 15) is 9.59 Å². The Hall–Kier alpha value is -1.20. The average molecular weight is 280 g/mol. The second kappa shape index (κ2) is 5.06. The highest BCUT2D eigenvalue weighted by Crippen LogP contribution is 2.23. The second-order valence-electron chi connectivity index (χ2n) is 5.49. The molecule has 5 heteroatoms. The highest BCUT2D eigenvalue weighted by molar-refractivity contribution is 7.12. The number of carbonyl (C=O) groups excluding carboxylic acids is 2. The van der Waals surface area contributed by atoms with Crippen LogP contribution in [0.3, 0.4) is 0 Å². The van der Waals surface area contributed by atoms with Crippen molar-refractivity contribution < 1.29 is 9.59 Å². The van der Waals surface area contributed by atoms with Gasteiger partial charge in [0.2, 0.25) is 5.91 Å². The molecule has 1 amide bonds.